The Kier molecular flexibility index (Phi) is 4.28. The van der Waals surface area contributed by atoms with Crippen molar-refractivity contribution < 1.29 is 9.21 Å². The molecule has 0 unspecified atom stereocenters. The van der Waals surface area contributed by atoms with E-state index in [-0.39, 0.29) is 11.2 Å². The first-order chi connectivity index (χ1) is 12.7. The molecule has 2 aromatic carbocycles. The summed E-state index contributed by atoms with van der Waals surface area (Å²) in [6.07, 6.45) is 5.98. The number of benzene rings is 2. The molecular weight excluding hydrogens is 320 g/mol. The van der Waals surface area contributed by atoms with Gasteiger partial charge in [-0.1, -0.05) is 63.1 Å². The first-order valence-corrected chi connectivity index (χ1v) is 9.54. The first-order valence-electron chi connectivity index (χ1n) is 9.54. The zero-order valence-electron chi connectivity index (χ0n) is 15.4. The number of carbonyl (C=O) groups excluding carboxylic acids is 1. The van der Waals surface area contributed by atoms with E-state index in [1.807, 2.05) is 6.07 Å². The van der Waals surface area contributed by atoms with Crippen molar-refractivity contribution in [2.45, 2.75) is 44.9 Å². The lowest BCUT2D eigenvalue weighted by Crippen LogP contribution is -2.25. The zero-order valence-corrected chi connectivity index (χ0v) is 15.4. The van der Waals surface area contributed by atoms with Gasteiger partial charge in [0, 0.05) is 11.0 Å². The monoisotopic (exact) mass is 344 g/mol. The lowest BCUT2D eigenvalue weighted by Gasteiger charge is -2.32. The summed E-state index contributed by atoms with van der Waals surface area (Å²) in [4.78, 5) is 12.8. The molecule has 26 heavy (non-hydrogen) atoms. The van der Waals surface area contributed by atoms with Gasteiger partial charge in [0.2, 0.25) is 5.78 Å². The number of rotatable bonds is 6. The fourth-order valence-corrected chi connectivity index (χ4v) is 4.66. The minimum atomic E-state index is -0.0457. The molecule has 4 rings (SSSR count). The van der Waals surface area contributed by atoms with Crippen LogP contribution < -0.4 is 0 Å². The van der Waals surface area contributed by atoms with E-state index in [0.717, 1.165) is 25.7 Å². The van der Waals surface area contributed by atoms with Crippen molar-refractivity contribution in [2.24, 2.45) is 0 Å². The Balaban J connectivity index is 1.90. The number of hydrogen-bond donors (Lipinski definition) is 0. The molecule has 0 amide bonds. The van der Waals surface area contributed by atoms with Crippen LogP contribution in [0.3, 0.4) is 0 Å². The van der Waals surface area contributed by atoms with Crippen molar-refractivity contribution in [3.05, 3.63) is 83.3 Å². The van der Waals surface area contributed by atoms with Crippen LogP contribution in [0.15, 0.2) is 65.3 Å². The second-order valence-corrected chi connectivity index (χ2v) is 7.19. The molecule has 0 aliphatic heterocycles. The number of fused-ring (bicyclic) bond motifs is 3. The van der Waals surface area contributed by atoms with Crippen molar-refractivity contribution in [3.8, 4) is 11.1 Å². The van der Waals surface area contributed by atoms with Gasteiger partial charge in [-0.05, 0) is 53.3 Å². The first kappa shape index (κ1) is 16.8. The van der Waals surface area contributed by atoms with E-state index in [1.165, 1.54) is 22.3 Å². The largest absolute Gasteiger partial charge is 0.461 e. The SMILES string of the molecule is CCCC1(CCC)c2ccccc2-c2ccc(C(=O)c3ccco3)cc21. The maximum Gasteiger partial charge on any atom is 0.228 e. The van der Waals surface area contributed by atoms with Gasteiger partial charge >= 0.3 is 0 Å². The van der Waals surface area contributed by atoms with Gasteiger partial charge in [-0.2, -0.15) is 0 Å². The molecule has 1 aliphatic carbocycles. The highest BCUT2D eigenvalue weighted by molar-refractivity contribution is 6.07. The second kappa shape index (κ2) is 6.60. The molecule has 0 fully saturated rings. The van der Waals surface area contributed by atoms with E-state index in [4.69, 9.17) is 4.42 Å². The summed E-state index contributed by atoms with van der Waals surface area (Å²) < 4.78 is 5.33. The summed E-state index contributed by atoms with van der Waals surface area (Å²) in [6.45, 7) is 4.49. The minimum Gasteiger partial charge on any atom is -0.461 e. The molecule has 0 radical (unpaired) electrons. The van der Waals surface area contributed by atoms with Crippen LogP contribution in [-0.4, -0.2) is 5.78 Å². The van der Waals surface area contributed by atoms with Crippen molar-refractivity contribution >= 4 is 5.78 Å². The van der Waals surface area contributed by atoms with E-state index in [1.54, 1.807) is 18.4 Å². The molecular formula is C24H24O2. The summed E-state index contributed by atoms with van der Waals surface area (Å²) >= 11 is 0. The van der Waals surface area contributed by atoms with Crippen molar-refractivity contribution in [3.63, 3.8) is 0 Å². The maximum absolute atomic E-state index is 12.8. The quantitative estimate of drug-likeness (QED) is 0.486. The predicted molar refractivity (Wildman–Crippen MR) is 105 cm³/mol. The van der Waals surface area contributed by atoms with Crippen LogP contribution in [0.2, 0.25) is 0 Å². The van der Waals surface area contributed by atoms with E-state index >= 15 is 0 Å². The standard InChI is InChI=1S/C24H24O2/c1-3-13-24(14-4-2)20-9-6-5-8-18(20)19-12-11-17(16-21(19)24)23(25)22-10-7-15-26-22/h5-12,15-16H,3-4,13-14H2,1-2H3. The summed E-state index contributed by atoms with van der Waals surface area (Å²) in [6, 6.07) is 18.4. The second-order valence-electron chi connectivity index (χ2n) is 7.19. The average Bonchev–Trinajstić information content (AvgIpc) is 3.29. The van der Waals surface area contributed by atoms with Crippen molar-refractivity contribution in [1.82, 2.24) is 0 Å². The van der Waals surface area contributed by atoms with Gasteiger partial charge < -0.3 is 4.42 Å². The molecule has 1 aliphatic rings. The van der Waals surface area contributed by atoms with Crippen molar-refractivity contribution in [2.75, 3.05) is 0 Å². The summed E-state index contributed by atoms with van der Waals surface area (Å²) in [5.41, 5.74) is 6.04. The molecule has 0 saturated heterocycles. The molecule has 0 saturated carbocycles. The van der Waals surface area contributed by atoms with Crippen LogP contribution in [-0.2, 0) is 5.41 Å². The number of ketones is 1. The lowest BCUT2D eigenvalue weighted by atomic mass is 9.71. The Labute approximate surface area is 154 Å². The Morgan fingerprint density at radius 3 is 2.31 bits per heavy atom. The molecule has 0 spiro atoms. The molecule has 1 heterocycles. The lowest BCUT2D eigenvalue weighted by molar-refractivity contribution is 0.101. The van der Waals surface area contributed by atoms with E-state index in [9.17, 15) is 4.79 Å². The minimum absolute atomic E-state index is 0.00881. The topological polar surface area (TPSA) is 30.2 Å². The summed E-state index contributed by atoms with van der Waals surface area (Å²) in [5, 5.41) is 0. The van der Waals surface area contributed by atoms with Gasteiger partial charge in [0.25, 0.3) is 0 Å². The van der Waals surface area contributed by atoms with E-state index in [0.29, 0.717) is 11.3 Å². The van der Waals surface area contributed by atoms with Crippen molar-refractivity contribution in [1.29, 1.82) is 0 Å². The summed E-state index contributed by atoms with van der Waals surface area (Å²) in [5.74, 6) is 0.354. The van der Waals surface area contributed by atoms with Crippen LogP contribution in [0.1, 0.15) is 66.8 Å². The Hall–Kier alpha value is -2.61. The van der Waals surface area contributed by atoms with E-state index in [2.05, 4.69) is 50.2 Å². The van der Waals surface area contributed by atoms with Crippen LogP contribution in [0, 0.1) is 0 Å². The third-order valence-electron chi connectivity index (χ3n) is 5.63. The molecule has 0 bridgehead atoms. The van der Waals surface area contributed by atoms with Gasteiger partial charge in [0.1, 0.15) is 0 Å². The number of carbonyl (C=O) groups is 1. The molecule has 1 aromatic heterocycles. The van der Waals surface area contributed by atoms with Gasteiger partial charge in [-0.25, -0.2) is 0 Å². The Morgan fingerprint density at radius 2 is 1.62 bits per heavy atom. The fraction of sp³-hybridized carbons (Fsp3) is 0.292. The normalized spacial score (nSPS) is 14.1. The molecule has 3 aromatic rings. The van der Waals surface area contributed by atoms with Crippen LogP contribution in [0.4, 0.5) is 0 Å². The molecule has 132 valence electrons. The molecule has 0 N–H and O–H groups in total. The maximum atomic E-state index is 12.8. The Morgan fingerprint density at radius 1 is 0.885 bits per heavy atom. The number of furan rings is 1. The molecule has 2 heteroatoms. The highest BCUT2D eigenvalue weighted by atomic mass is 16.3. The third kappa shape index (κ3) is 2.44. The number of hydrogen-bond acceptors (Lipinski definition) is 2. The van der Waals surface area contributed by atoms with Gasteiger partial charge in [-0.3, -0.25) is 4.79 Å². The highest BCUT2D eigenvalue weighted by Crippen LogP contribution is 2.53. The van der Waals surface area contributed by atoms with Crippen LogP contribution in [0.5, 0.6) is 0 Å². The average molecular weight is 344 g/mol. The van der Waals surface area contributed by atoms with Gasteiger partial charge in [-0.15, -0.1) is 0 Å². The predicted octanol–water partition coefficient (Wildman–Crippen LogP) is 6.38. The molecule has 2 nitrogen and oxygen atoms in total. The molecule has 0 atom stereocenters. The van der Waals surface area contributed by atoms with Gasteiger partial charge in [0.05, 0.1) is 6.26 Å². The van der Waals surface area contributed by atoms with Crippen LogP contribution in [0.25, 0.3) is 11.1 Å². The zero-order chi connectivity index (χ0) is 18.1. The van der Waals surface area contributed by atoms with Gasteiger partial charge in [0.15, 0.2) is 5.76 Å². The fourth-order valence-electron chi connectivity index (χ4n) is 4.66. The third-order valence-corrected chi connectivity index (χ3v) is 5.63. The van der Waals surface area contributed by atoms with E-state index < -0.39 is 0 Å². The van der Waals surface area contributed by atoms with Crippen LogP contribution >= 0.6 is 0 Å². The highest BCUT2D eigenvalue weighted by Gasteiger charge is 2.41. The Bertz CT molecular complexity index is 929. The summed E-state index contributed by atoms with van der Waals surface area (Å²) in [7, 11) is 0. The smallest absolute Gasteiger partial charge is 0.228 e.